The summed E-state index contributed by atoms with van der Waals surface area (Å²) in [6, 6.07) is 7.86. The van der Waals surface area contributed by atoms with Crippen LogP contribution in [0.15, 0.2) is 39.6 Å². The van der Waals surface area contributed by atoms with Crippen LogP contribution in [0.25, 0.3) is 6.08 Å². The summed E-state index contributed by atoms with van der Waals surface area (Å²) in [5.41, 5.74) is 2.98. The van der Waals surface area contributed by atoms with E-state index in [-0.39, 0.29) is 5.78 Å². The third-order valence-electron chi connectivity index (χ3n) is 3.76. The molecule has 1 fully saturated rings. The largest absolute Gasteiger partial charge is 0.497 e. The van der Waals surface area contributed by atoms with Crippen LogP contribution in [0.3, 0.4) is 0 Å². The number of hydrogen-bond donors (Lipinski definition) is 0. The number of hydrogen-bond acceptors (Lipinski definition) is 4. The van der Waals surface area contributed by atoms with Crippen molar-refractivity contribution in [3.63, 3.8) is 0 Å². The van der Waals surface area contributed by atoms with Gasteiger partial charge in [-0.2, -0.15) is 0 Å². The number of allylic oxidation sites excluding steroid dienone is 2. The predicted molar refractivity (Wildman–Crippen MR) is 98.5 cm³/mol. The standard InChI is InChI=1S/C18H22O2S2/c1-20-15-10-8-13(9-11-15)12-14-6-4-5-7-16(17(14)19)18(21-2)22-3/h8-12H,4-7H2,1-3H3/b14-12-. The first-order valence-corrected chi connectivity index (χ1v) is 9.85. The molecule has 1 aromatic rings. The van der Waals surface area contributed by atoms with Gasteiger partial charge in [0, 0.05) is 15.4 Å². The molecule has 0 aliphatic heterocycles. The zero-order valence-corrected chi connectivity index (χ0v) is 15.0. The van der Waals surface area contributed by atoms with Crippen molar-refractivity contribution in [1.29, 1.82) is 0 Å². The van der Waals surface area contributed by atoms with Gasteiger partial charge in [-0.3, -0.25) is 4.79 Å². The average Bonchev–Trinajstić information content (AvgIpc) is 2.73. The van der Waals surface area contributed by atoms with Crippen molar-refractivity contribution in [3.8, 4) is 5.75 Å². The molecule has 0 atom stereocenters. The molecule has 1 aliphatic carbocycles. The van der Waals surface area contributed by atoms with Crippen LogP contribution in [0.4, 0.5) is 0 Å². The third-order valence-corrected chi connectivity index (χ3v) is 6.00. The second-order valence-corrected chi connectivity index (χ2v) is 7.04. The Morgan fingerprint density at radius 1 is 1.09 bits per heavy atom. The maximum Gasteiger partial charge on any atom is 0.186 e. The molecule has 0 heterocycles. The lowest BCUT2D eigenvalue weighted by atomic mass is 10.0. The number of thioether (sulfide) groups is 2. The van der Waals surface area contributed by atoms with Crippen molar-refractivity contribution < 1.29 is 9.53 Å². The fraction of sp³-hybridized carbons (Fsp3) is 0.389. The molecule has 2 rings (SSSR count). The Balaban J connectivity index is 2.33. The first-order valence-electron chi connectivity index (χ1n) is 7.40. The topological polar surface area (TPSA) is 26.3 Å². The lowest BCUT2D eigenvalue weighted by Gasteiger charge is -2.09. The van der Waals surface area contributed by atoms with Gasteiger partial charge in [0.2, 0.25) is 0 Å². The highest BCUT2D eigenvalue weighted by atomic mass is 32.2. The van der Waals surface area contributed by atoms with E-state index in [4.69, 9.17) is 4.74 Å². The average molecular weight is 335 g/mol. The Bertz CT molecular complexity index is 580. The molecule has 0 amide bonds. The van der Waals surface area contributed by atoms with Crippen LogP contribution in [0, 0.1) is 0 Å². The second kappa shape index (κ2) is 8.49. The summed E-state index contributed by atoms with van der Waals surface area (Å²) in [4.78, 5) is 12.9. The van der Waals surface area contributed by atoms with E-state index in [2.05, 4.69) is 0 Å². The van der Waals surface area contributed by atoms with E-state index in [1.807, 2.05) is 42.9 Å². The van der Waals surface area contributed by atoms with Gasteiger partial charge in [0.05, 0.1) is 7.11 Å². The lowest BCUT2D eigenvalue weighted by molar-refractivity contribution is -0.112. The van der Waals surface area contributed by atoms with Gasteiger partial charge in [0.15, 0.2) is 5.78 Å². The van der Waals surface area contributed by atoms with Crippen molar-refractivity contribution in [2.45, 2.75) is 25.7 Å². The summed E-state index contributed by atoms with van der Waals surface area (Å²) in [5, 5.41) is 0. The summed E-state index contributed by atoms with van der Waals surface area (Å²) in [6.45, 7) is 0. The molecular weight excluding hydrogens is 312 g/mol. The van der Waals surface area contributed by atoms with Crippen LogP contribution in [-0.2, 0) is 4.79 Å². The summed E-state index contributed by atoms with van der Waals surface area (Å²) < 4.78 is 6.34. The number of benzene rings is 1. The van der Waals surface area contributed by atoms with E-state index >= 15 is 0 Å². The quantitative estimate of drug-likeness (QED) is 0.561. The highest BCUT2D eigenvalue weighted by molar-refractivity contribution is 8.21. The molecule has 2 nitrogen and oxygen atoms in total. The summed E-state index contributed by atoms with van der Waals surface area (Å²) in [7, 11) is 1.66. The fourth-order valence-corrected chi connectivity index (χ4v) is 4.15. The lowest BCUT2D eigenvalue weighted by Crippen LogP contribution is -2.05. The Hall–Kier alpha value is -1.13. The zero-order valence-electron chi connectivity index (χ0n) is 13.3. The van der Waals surface area contributed by atoms with E-state index in [1.54, 1.807) is 30.6 Å². The van der Waals surface area contributed by atoms with E-state index in [0.29, 0.717) is 0 Å². The first kappa shape index (κ1) is 17.2. The molecule has 0 aromatic heterocycles. The van der Waals surface area contributed by atoms with Crippen LogP contribution in [0.2, 0.25) is 0 Å². The molecule has 0 radical (unpaired) electrons. The van der Waals surface area contributed by atoms with E-state index in [0.717, 1.165) is 52.4 Å². The zero-order chi connectivity index (χ0) is 15.9. The Morgan fingerprint density at radius 3 is 2.32 bits per heavy atom. The summed E-state index contributed by atoms with van der Waals surface area (Å²) in [5.74, 6) is 1.06. The molecule has 0 spiro atoms. The molecule has 1 aromatic carbocycles. The van der Waals surface area contributed by atoms with Crippen molar-refractivity contribution in [2.75, 3.05) is 19.6 Å². The molecule has 118 valence electrons. The second-order valence-electron chi connectivity index (χ2n) is 5.15. The predicted octanol–water partition coefficient (Wildman–Crippen LogP) is 5.16. The Labute approximate surface area is 141 Å². The van der Waals surface area contributed by atoms with E-state index < -0.39 is 0 Å². The van der Waals surface area contributed by atoms with Gasteiger partial charge in [-0.1, -0.05) is 12.1 Å². The van der Waals surface area contributed by atoms with Crippen LogP contribution in [0.5, 0.6) is 5.75 Å². The molecule has 0 N–H and O–H groups in total. The number of ether oxygens (including phenoxy) is 1. The minimum Gasteiger partial charge on any atom is -0.497 e. The molecule has 0 bridgehead atoms. The Kier molecular flexibility index (Phi) is 6.65. The van der Waals surface area contributed by atoms with E-state index in [9.17, 15) is 4.79 Å². The maximum absolute atomic E-state index is 12.9. The molecule has 22 heavy (non-hydrogen) atoms. The van der Waals surface area contributed by atoms with E-state index in [1.165, 1.54) is 0 Å². The minimum atomic E-state index is 0.229. The number of methoxy groups -OCH3 is 1. The van der Waals surface area contributed by atoms with Crippen LogP contribution < -0.4 is 4.74 Å². The van der Waals surface area contributed by atoms with Gasteiger partial charge >= 0.3 is 0 Å². The van der Waals surface area contributed by atoms with Gasteiger partial charge in [-0.25, -0.2) is 0 Å². The number of Topliss-reactive ketones (excluding diaryl/α,β-unsaturated/α-hetero) is 1. The minimum absolute atomic E-state index is 0.229. The SMILES string of the molecule is COc1ccc(/C=C2/CCCCC(=C(SC)SC)C2=O)cc1. The molecule has 0 saturated heterocycles. The third kappa shape index (κ3) is 4.20. The first-order chi connectivity index (χ1) is 10.7. The number of rotatable bonds is 4. The van der Waals surface area contributed by atoms with Crippen molar-refractivity contribution in [2.24, 2.45) is 0 Å². The molecule has 1 aliphatic rings. The Morgan fingerprint density at radius 2 is 1.73 bits per heavy atom. The van der Waals surface area contributed by atoms with Crippen LogP contribution in [0.1, 0.15) is 31.2 Å². The molecule has 1 saturated carbocycles. The monoisotopic (exact) mass is 334 g/mol. The smallest absolute Gasteiger partial charge is 0.186 e. The number of carbonyl (C=O) groups excluding carboxylic acids is 1. The van der Waals surface area contributed by atoms with Crippen LogP contribution >= 0.6 is 23.5 Å². The van der Waals surface area contributed by atoms with Crippen molar-refractivity contribution >= 4 is 35.4 Å². The highest BCUT2D eigenvalue weighted by Gasteiger charge is 2.21. The van der Waals surface area contributed by atoms with Gasteiger partial charge < -0.3 is 4.74 Å². The fourth-order valence-electron chi connectivity index (χ4n) is 2.60. The molecule has 0 unspecified atom stereocenters. The van der Waals surface area contributed by atoms with Crippen LogP contribution in [-0.4, -0.2) is 25.4 Å². The summed E-state index contributed by atoms with van der Waals surface area (Å²) in [6.07, 6.45) is 10.1. The highest BCUT2D eigenvalue weighted by Crippen LogP contribution is 2.35. The molecular formula is C18H22O2S2. The maximum atomic E-state index is 12.9. The number of carbonyl (C=O) groups is 1. The van der Waals surface area contributed by atoms with Gasteiger partial charge in [-0.05, 0) is 62.0 Å². The summed E-state index contributed by atoms with van der Waals surface area (Å²) >= 11 is 3.36. The van der Waals surface area contributed by atoms with Crippen molar-refractivity contribution in [1.82, 2.24) is 0 Å². The van der Waals surface area contributed by atoms with Gasteiger partial charge in [-0.15, -0.1) is 23.5 Å². The molecule has 4 heteroatoms. The van der Waals surface area contributed by atoms with Gasteiger partial charge in [0.1, 0.15) is 5.75 Å². The normalized spacial score (nSPS) is 17.5. The van der Waals surface area contributed by atoms with Gasteiger partial charge in [0.25, 0.3) is 0 Å². The van der Waals surface area contributed by atoms with Crippen molar-refractivity contribution in [3.05, 3.63) is 45.2 Å². The number of ketones is 1.